The van der Waals surface area contributed by atoms with Gasteiger partial charge in [0, 0.05) is 43.7 Å². The van der Waals surface area contributed by atoms with Crippen molar-refractivity contribution >= 4 is 46.2 Å². The summed E-state index contributed by atoms with van der Waals surface area (Å²) in [5.41, 5.74) is 9.30. The summed E-state index contributed by atoms with van der Waals surface area (Å²) in [6.07, 6.45) is -1.69. The summed E-state index contributed by atoms with van der Waals surface area (Å²) >= 11 is 0. The van der Waals surface area contributed by atoms with Crippen molar-refractivity contribution in [1.82, 2.24) is 14.5 Å². The van der Waals surface area contributed by atoms with Gasteiger partial charge in [-0.25, -0.2) is 0 Å². The van der Waals surface area contributed by atoms with Crippen LogP contribution in [0, 0.1) is 24.4 Å². The first-order valence-corrected chi connectivity index (χ1v) is 23.1. The van der Waals surface area contributed by atoms with E-state index in [1.807, 2.05) is 57.2 Å². The molecule has 295 valence electrons. The molecule has 0 atom stereocenters. The van der Waals surface area contributed by atoms with E-state index in [2.05, 4.69) is 124 Å². The molecule has 1 radical (unpaired) electrons. The second kappa shape index (κ2) is 16.7. The maximum Gasteiger partial charge on any atom is 0.120 e. The van der Waals surface area contributed by atoms with Crippen LogP contribution in [-0.2, 0) is 26.5 Å². The Kier molecular flexibility index (Phi) is 10.4. The van der Waals surface area contributed by atoms with Crippen LogP contribution in [-0.4, -0.2) is 22.6 Å². The third kappa shape index (κ3) is 8.65. The predicted molar refractivity (Wildman–Crippen MR) is 240 cm³/mol. The van der Waals surface area contributed by atoms with E-state index >= 15 is 0 Å². The summed E-state index contributed by atoms with van der Waals surface area (Å²) in [5, 5.41) is 2.88. The molecule has 3 aromatic heterocycles. The maximum absolute atomic E-state index is 8.82. The van der Waals surface area contributed by atoms with Crippen molar-refractivity contribution in [3.8, 4) is 28.3 Å². The number of benzene rings is 5. The molecule has 0 bridgehead atoms. The van der Waals surface area contributed by atoms with Crippen molar-refractivity contribution in [1.29, 1.82) is 0 Å². The topological polar surface area (TPSA) is 43.9 Å². The van der Waals surface area contributed by atoms with Gasteiger partial charge in [0.25, 0.3) is 0 Å². The second-order valence-electron chi connectivity index (χ2n) is 17.2. The van der Waals surface area contributed by atoms with Crippen LogP contribution in [0.2, 0.25) is 19.6 Å². The van der Waals surface area contributed by atoms with Crippen LogP contribution < -0.4 is 5.19 Å². The van der Waals surface area contributed by atoms with Crippen LogP contribution in [0.15, 0.2) is 114 Å². The van der Waals surface area contributed by atoms with Crippen LogP contribution in [0.3, 0.4) is 0 Å². The summed E-state index contributed by atoms with van der Waals surface area (Å²) in [5.74, 6) is 1.60. The Hall–Kier alpha value is -4.61. The molecule has 5 aromatic carbocycles. The number of rotatable bonds is 7. The van der Waals surface area contributed by atoms with Gasteiger partial charge in [0.05, 0.1) is 30.5 Å². The summed E-state index contributed by atoms with van der Waals surface area (Å²) < 4.78 is 50.3. The Morgan fingerprint density at radius 2 is 1.47 bits per heavy atom. The van der Waals surface area contributed by atoms with Gasteiger partial charge in [0.15, 0.2) is 0 Å². The maximum atomic E-state index is 8.82. The minimum Gasteiger partial charge on any atom is -0.501 e. The summed E-state index contributed by atoms with van der Waals surface area (Å²) in [6, 6.07) is 42.8. The molecule has 0 fully saturated rings. The monoisotopic (exact) mass is 951 g/mol. The van der Waals surface area contributed by atoms with Crippen molar-refractivity contribution < 1.29 is 31.4 Å². The van der Waals surface area contributed by atoms with Crippen LogP contribution in [0.25, 0.3) is 61.3 Å². The van der Waals surface area contributed by atoms with Crippen molar-refractivity contribution in [3.63, 3.8) is 0 Å². The molecule has 0 aliphatic carbocycles. The molecule has 8 rings (SSSR count). The van der Waals surface area contributed by atoms with Gasteiger partial charge in [-0.3, -0.25) is 4.98 Å². The Bertz CT molecular complexity index is 2840. The quantitative estimate of drug-likeness (QED) is 0.118. The van der Waals surface area contributed by atoms with Gasteiger partial charge in [-0.15, -0.1) is 54.1 Å². The number of para-hydroxylation sites is 4. The van der Waals surface area contributed by atoms with Gasteiger partial charge in [0.2, 0.25) is 0 Å². The number of furan rings is 1. The Balaban J connectivity index is 0.000000210. The van der Waals surface area contributed by atoms with E-state index < -0.39 is 26.7 Å². The fourth-order valence-electron chi connectivity index (χ4n) is 7.38. The van der Waals surface area contributed by atoms with E-state index in [4.69, 9.17) is 16.3 Å². The third-order valence-corrected chi connectivity index (χ3v) is 12.0. The zero-order valence-electron chi connectivity index (χ0n) is 39.6. The van der Waals surface area contributed by atoms with E-state index in [0.717, 1.165) is 44.4 Å². The minimum atomic E-state index is -2.36. The Morgan fingerprint density at radius 3 is 2.12 bits per heavy atom. The van der Waals surface area contributed by atoms with E-state index in [1.165, 1.54) is 16.8 Å². The molecule has 0 saturated heterocycles. The van der Waals surface area contributed by atoms with Gasteiger partial charge >= 0.3 is 0 Å². The first-order chi connectivity index (χ1) is 28.6. The first kappa shape index (κ1) is 35.5. The van der Waals surface area contributed by atoms with Crippen LogP contribution in [0.5, 0.6) is 0 Å². The number of imidazole rings is 1. The third-order valence-electron chi connectivity index (χ3n) is 9.99. The number of nitrogens with zero attached hydrogens (tertiary/aromatic N) is 3. The Morgan fingerprint density at radius 1 is 0.789 bits per heavy atom. The fourth-order valence-corrected chi connectivity index (χ4v) is 8.72. The molecule has 0 amide bonds. The number of hydrogen-bond donors (Lipinski definition) is 0. The summed E-state index contributed by atoms with van der Waals surface area (Å²) in [4.78, 5) is 9.71. The van der Waals surface area contributed by atoms with Gasteiger partial charge in [-0.05, 0) is 70.7 Å². The molecule has 0 N–H and O–H groups in total. The van der Waals surface area contributed by atoms with E-state index in [-0.39, 0.29) is 25.8 Å². The second-order valence-corrected chi connectivity index (χ2v) is 22.3. The minimum absolute atomic E-state index is 0. The zero-order valence-corrected chi connectivity index (χ0v) is 38.0. The van der Waals surface area contributed by atoms with Crippen molar-refractivity contribution in [2.45, 2.75) is 93.2 Å². The van der Waals surface area contributed by atoms with Gasteiger partial charge in [0.1, 0.15) is 5.58 Å². The molecule has 4 nitrogen and oxygen atoms in total. The van der Waals surface area contributed by atoms with E-state index in [1.54, 1.807) is 18.2 Å². The van der Waals surface area contributed by atoms with Crippen LogP contribution in [0.4, 0.5) is 0 Å². The zero-order chi connectivity index (χ0) is 44.2. The SMILES string of the molecule is CC(C)c1cccc(C(C)C)c1-n1c(-c2[c-]ccc3c2oc2ccccc23)nc2ccccc21.[2H]C([2H])([2H])c1nc(-c2[c-]cccc2)c(C([2H])([2H])C(C)(C)C)cc1[Si](C)(C)C.[Ir]. The average molecular weight is 951 g/mol. The number of pyridine rings is 1. The normalized spacial score (nSPS) is 13.8. The van der Waals surface area contributed by atoms with Gasteiger partial charge in [-0.2, -0.15) is 0 Å². The molecule has 3 heterocycles. The van der Waals surface area contributed by atoms with E-state index in [9.17, 15) is 0 Å². The standard InChI is InChI=1S/C31H27N2O.C20H28NSi.Ir/c1-19(2)21-12-9-13-22(20(3)4)29(21)33-27-17-7-6-16-26(27)32-31(33)25-15-10-14-24-23-11-5-8-18-28(23)34-30(24)25;1-15-18(22(5,6)7)13-17(14-20(2,3)4)19(21-15)16-11-9-8-10-12-16;/h5-14,16-20H,1-4H3;8-11,13H,14H2,1-7H3;/q2*-1;/i;1D3,14D2;. The van der Waals surface area contributed by atoms with Crippen molar-refractivity contribution in [2.24, 2.45) is 5.41 Å². The summed E-state index contributed by atoms with van der Waals surface area (Å²) in [6.45, 7) is 18.4. The van der Waals surface area contributed by atoms with E-state index in [0.29, 0.717) is 33.8 Å². The van der Waals surface area contributed by atoms with Gasteiger partial charge < -0.3 is 14.0 Å². The Labute approximate surface area is 361 Å². The average Bonchev–Trinajstić information content (AvgIpc) is 3.78. The molecule has 0 aliphatic rings. The molecule has 0 aliphatic heterocycles. The summed E-state index contributed by atoms with van der Waals surface area (Å²) in [7, 11) is -2.08. The molecule has 57 heavy (non-hydrogen) atoms. The fraction of sp³-hybridized carbons (Fsp3) is 0.294. The molecular weight excluding hydrogens is 891 g/mol. The van der Waals surface area contributed by atoms with Crippen LogP contribution in [0.1, 0.15) is 89.5 Å². The van der Waals surface area contributed by atoms with Crippen molar-refractivity contribution in [2.75, 3.05) is 0 Å². The first-order valence-electron chi connectivity index (χ1n) is 22.1. The van der Waals surface area contributed by atoms with Crippen molar-refractivity contribution in [3.05, 3.63) is 144 Å². The molecule has 6 heteroatoms. The number of aryl methyl sites for hydroxylation is 1. The number of fused-ring (bicyclic) bond motifs is 4. The van der Waals surface area contributed by atoms with Crippen LogP contribution >= 0.6 is 0 Å². The predicted octanol–water partition coefficient (Wildman–Crippen LogP) is 13.6. The molecule has 0 saturated carbocycles. The molecule has 0 spiro atoms. The largest absolute Gasteiger partial charge is 0.501 e. The number of hydrogen-bond acceptors (Lipinski definition) is 3. The molecule has 0 unspecified atom stereocenters. The number of aromatic nitrogens is 3. The smallest absolute Gasteiger partial charge is 0.120 e. The molecule has 8 aromatic rings. The van der Waals surface area contributed by atoms with Gasteiger partial charge in [-0.1, -0.05) is 139 Å². The molecular formula is C51H55IrN3OSi-2.